The first kappa shape index (κ1) is 28.5. The van der Waals surface area contributed by atoms with Crippen LogP contribution in [-0.2, 0) is 4.79 Å². The first-order valence-corrected chi connectivity index (χ1v) is 13.7. The summed E-state index contributed by atoms with van der Waals surface area (Å²) in [6.07, 6.45) is 9.52. The fourth-order valence-electron chi connectivity index (χ4n) is 4.53. The number of thioether (sulfide) groups is 1. The topological polar surface area (TPSA) is 154 Å². The minimum Gasteiger partial charge on any atom is -0.356 e. The van der Waals surface area contributed by atoms with E-state index < -0.39 is 4.92 Å². The van der Waals surface area contributed by atoms with Crippen LogP contribution in [0.3, 0.4) is 0 Å². The molecule has 3 aliphatic rings. The summed E-state index contributed by atoms with van der Waals surface area (Å²) in [5.41, 5.74) is 0.596. The molecule has 2 heterocycles. The Morgan fingerprint density at radius 1 is 1.27 bits per heavy atom. The average molecular weight is 533 g/mol. The van der Waals surface area contributed by atoms with Crippen molar-refractivity contribution >= 4 is 41.8 Å². The van der Waals surface area contributed by atoms with E-state index in [0.717, 1.165) is 50.9 Å². The standard InChI is InChI=1S/C24H36N8O4S/c1-25-30-17-9-10-18(20(15-17)32(35)36)26-11-5-13-31(2)14-6-12-27-22(33)8-4-3-7-21-23-19(16-37-21)28-24(34)29-23/h9-10,15,19,21,23H,1,3-8,11-14,16H2,2H3,(H,27,33)(H2,28,29,34)/t19-,21+,23-/m0/s1. The highest BCUT2D eigenvalue weighted by Gasteiger charge is 2.42. The van der Waals surface area contributed by atoms with Crippen molar-refractivity contribution in [1.29, 1.82) is 0 Å². The molecule has 2 aliphatic heterocycles. The molecule has 2 saturated heterocycles. The average Bonchev–Trinajstić information content (AvgIpc) is 3.42. The van der Waals surface area contributed by atoms with Crippen LogP contribution in [-0.4, -0.2) is 96.2 Å². The Morgan fingerprint density at radius 3 is 2.86 bits per heavy atom. The van der Waals surface area contributed by atoms with Crippen molar-refractivity contribution in [1.82, 2.24) is 20.9 Å². The van der Waals surface area contributed by atoms with Crippen LogP contribution < -0.4 is 16.0 Å². The van der Waals surface area contributed by atoms with Crippen molar-refractivity contribution in [3.8, 4) is 0 Å². The van der Waals surface area contributed by atoms with E-state index in [-0.39, 0.29) is 29.7 Å². The van der Waals surface area contributed by atoms with Crippen LogP contribution in [0.25, 0.3) is 0 Å². The molecule has 0 spiro atoms. The van der Waals surface area contributed by atoms with Gasteiger partial charge < -0.3 is 20.9 Å². The molecule has 13 heteroatoms. The van der Waals surface area contributed by atoms with E-state index in [4.69, 9.17) is 0 Å². The van der Waals surface area contributed by atoms with E-state index in [0.29, 0.717) is 36.2 Å². The largest absolute Gasteiger partial charge is 0.356 e. The molecular weight excluding hydrogens is 496 g/mol. The van der Waals surface area contributed by atoms with Gasteiger partial charge in [-0.15, -0.1) is 0 Å². The zero-order valence-electron chi connectivity index (χ0n) is 21.2. The molecule has 1 aliphatic carbocycles. The number of nitrogens with one attached hydrogen (secondary N) is 3. The summed E-state index contributed by atoms with van der Waals surface area (Å²) in [5, 5.41) is 27.8. The Balaban J connectivity index is 1.21. The number of aliphatic imine (C=N–C) groups is 1. The zero-order valence-corrected chi connectivity index (χ0v) is 22.0. The lowest BCUT2D eigenvalue weighted by molar-refractivity contribution is -0.414. The Morgan fingerprint density at radius 2 is 2.08 bits per heavy atom. The second-order valence-electron chi connectivity index (χ2n) is 9.28. The Labute approximate surface area is 221 Å². The first-order valence-electron chi connectivity index (χ1n) is 12.6. The molecule has 37 heavy (non-hydrogen) atoms. The maximum atomic E-state index is 12.1. The minimum atomic E-state index is -0.473. The smallest absolute Gasteiger partial charge is 0.315 e. The first-order chi connectivity index (χ1) is 17.9. The van der Waals surface area contributed by atoms with Gasteiger partial charge in [-0.05, 0) is 58.0 Å². The maximum Gasteiger partial charge on any atom is 0.315 e. The zero-order chi connectivity index (χ0) is 26.6. The number of rotatable bonds is 15. The summed E-state index contributed by atoms with van der Waals surface area (Å²) >= 11 is 1.90. The molecule has 3 N–H and O–H groups in total. The van der Waals surface area contributed by atoms with Crippen molar-refractivity contribution in [3.63, 3.8) is 0 Å². The number of unbranched alkanes of at least 4 members (excludes halogenated alkanes) is 1. The second-order valence-corrected chi connectivity index (χ2v) is 10.6. The van der Waals surface area contributed by atoms with Crippen molar-refractivity contribution in [2.75, 3.05) is 39.0 Å². The SMILES string of the molecule is C=NN=C1C=CC(=NCCCN(C)CCCNC(=O)CCCC[C@H]2SC[C@@H]3NC(=O)N[C@@H]32)C([N+](=O)[O-])=C1. The molecule has 0 unspecified atom stereocenters. The normalized spacial score (nSPS) is 24.6. The number of carbonyl (C=O) groups excluding carboxylic acids is 2. The fourth-order valence-corrected chi connectivity index (χ4v) is 6.07. The highest BCUT2D eigenvalue weighted by Crippen LogP contribution is 2.33. The number of urea groups is 1. The molecule has 0 saturated carbocycles. The predicted molar refractivity (Wildman–Crippen MR) is 147 cm³/mol. The molecule has 3 amide bonds. The summed E-state index contributed by atoms with van der Waals surface area (Å²) in [5.74, 6) is 1.04. The number of hydrogen-bond donors (Lipinski definition) is 3. The van der Waals surface area contributed by atoms with Gasteiger partial charge in [0.05, 0.1) is 22.7 Å². The van der Waals surface area contributed by atoms with Gasteiger partial charge >= 0.3 is 6.03 Å². The molecule has 0 aromatic heterocycles. The summed E-state index contributed by atoms with van der Waals surface area (Å²) in [6.45, 7) is 6.01. The Kier molecular flexibility index (Phi) is 11.3. The monoisotopic (exact) mass is 532 g/mol. The molecule has 0 bridgehead atoms. The van der Waals surface area contributed by atoms with Crippen LogP contribution >= 0.6 is 11.8 Å². The lowest BCUT2D eigenvalue weighted by Gasteiger charge is -2.17. The van der Waals surface area contributed by atoms with E-state index in [1.807, 2.05) is 18.8 Å². The Bertz CT molecular complexity index is 980. The van der Waals surface area contributed by atoms with Gasteiger partial charge in [-0.25, -0.2) is 4.79 Å². The summed E-state index contributed by atoms with van der Waals surface area (Å²) in [6, 6.07) is 0.403. The van der Waals surface area contributed by atoms with Crippen molar-refractivity contribution in [3.05, 3.63) is 34.0 Å². The third-order valence-electron chi connectivity index (χ3n) is 6.44. The highest BCUT2D eigenvalue weighted by molar-refractivity contribution is 8.00. The van der Waals surface area contributed by atoms with Gasteiger partial charge in [-0.2, -0.15) is 22.0 Å². The second kappa shape index (κ2) is 14.6. The third-order valence-corrected chi connectivity index (χ3v) is 7.95. The number of carbonyl (C=O) groups is 2. The molecule has 3 atom stereocenters. The van der Waals surface area contributed by atoms with E-state index in [2.05, 4.69) is 42.8 Å². The maximum absolute atomic E-state index is 12.1. The Hall–Kier alpha value is -3.06. The van der Waals surface area contributed by atoms with Crippen molar-refractivity contribution in [2.45, 2.75) is 55.9 Å². The molecule has 202 valence electrons. The van der Waals surface area contributed by atoms with Crippen LogP contribution in [0.5, 0.6) is 0 Å². The van der Waals surface area contributed by atoms with Crippen molar-refractivity contribution < 1.29 is 14.5 Å². The van der Waals surface area contributed by atoms with E-state index in [9.17, 15) is 19.7 Å². The third kappa shape index (κ3) is 9.08. The van der Waals surface area contributed by atoms with Crippen LogP contribution in [0.4, 0.5) is 4.79 Å². The van der Waals surface area contributed by atoms with Gasteiger partial charge in [0.15, 0.2) is 0 Å². The summed E-state index contributed by atoms with van der Waals surface area (Å²) in [7, 11) is 2.01. The number of nitro groups is 1. The lowest BCUT2D eigenvalue weighted by Crippen LogP contribution is -2.36. The minimum absolute atomic E-state index is 0.0630. The molecule has 0 aromatic rings. The molecule has 2 fully saturated rings. The summed E-state index contributed by atoms with van der Waals surface area (Å²) < 4.78 is 0. The van der Waals surface area contributed by atoms with Gasteiger partial charge in [0.2, 0.25) is 5.91 Å². The van der Waals surface area contributed by atoms with Gasteiger partial charge in [0.1, 0.15) is 5.71 Å². The molecule has 0 aromatic carbocycles. The van der Waals surface area contributed by atoms with E-state index in [1.54, 1.807) is 12.2 Å². The summed E-state index contributed by atoms with van der Waals surface area (Å²) in [4.78, 5) is 40.9. The van der Waals surface area contributed by atoms with E-state index in [1.165, 1.54) is 6.08 Å². The van der Waals surface area contributed by atoms with Gasteiger partial charge in [0.25, 0.3) is 5.70 Å². The fraction of sp³-hybridized carbons (Fsp3) is 0.625. The van der Waals surface area contributed by atoms with Crippen LogP contribution in [0.1, 0.15) is 38.5 Å². The molecule has 0 radical (unpaired) electrons. The number of hydrogen-bond acceptors (Lipinski definition) is 9. The molecule has 12 nitrogen and oxygen atoms in total. The van der Waals surface area contributed by atoms with E-state index >= 15 is 0 Å². The molecule has 3 rings (SSSR count). The lowest BCUT2D eigenvalue weighted by atomic mass is 10.0. The molecular formula is C24H36N8O4S. The predicted octanol–water partition coefficient (Wildman–Crippen LogP) is 1.77. The number of amides is 3. The van der Waals surface area contributed by atoms with Gasteiger partial charge in [-0.3, -0.25) is 19.9 Å². The highest BCUT2D eigenvalue weighted by atomic mass is 32.2. The van der Waals surface area contributed by atoms with Crippen molar-refractivity contribution in [2.24, 2.45) is 15.2 Å². The van der Waals surface area contributed by atoms with Crippen LogP contribution in [0, 0.1) is 10.1 Å². The van der Waals surface area contributed by atoms with Gasteiger partial charge in [0, 0.05) is 43.3 Å². The van der Waals surface area contributed by atoms with Gasteiger partial charge in [-0.1, -0.05) is 6.42 Å². The number of allylic oxidation sites excluding steroid dienone is 3. The van der Waals surface area contributed by atoms with Crippen LogP contribution in [0.15, 0.2) is 39.1 Å². The quantitative estimate of drug-likeness (QED) is 0.0729. The number of fused-ring (bicyclic) bond motifs is 1. The van der Waals surface area contributed by atoms with Crippen LogP contribution in [0.2, 0.25) is 0 Å². The number of nitrogens with zero attached hydrogens (tertiary/aromatic N) is 5.